The SMILES string of the molecule is Cn1cc(Nc2nccc(C3=CC4CCC(C3)N4C(=O)C3CC4CC3C4)n2)cn1. The summed E-state index contributed by atoms with van der Waals surface area (Å²) >= 11 is 0. The van der Waals surface area contributed by atoms with Crippen LogP contribution >= 0.6 is 0 Å². The summed E-state index contributed by atoms with van der Waals surface area (Å²) in [5.41, 5.74) is 3.07. The predicted octanol–water partition coefficient (Wildman–Crippen LogP) is 3.15. The van der Waals surface area contributed by atoms with E-state index in [9.17, 15) is 4.79 Å². The Kier molecular flexibility index (Phi) is 3.79. The molecule has 2 aromatic rings. The van der Waals surface area contributed by atoms with Gasteiger partial charge in [-0.05, 0) is 62.0 Å². The van der Waals surface area contributed by atoms with Gasteiger partial charge in [-0.1, -0.05) is 6.08 Å². The number of carbonyl (C=O) groups is 1. The lowest BCUT2D eigenvalue weighted by atomic mass is 9.82. The number of hydrogen-bond acceptors (Lipinski definition) is 5. The normalized spacial score (nSPS) is 32.1. The average molecular weight is 390 g/mol. The number of anilines is 2. The largest absolute Gasteiger partial charge is 0.333 e. The Labute approximate surface area is 170 Å². The molecule has 1 saturated heterocycles. The molecule has 1 N–H and O–H groups in total. The van der Waals surface area contributed by atoms with Crippen LogP contribution in [0.2, 0.25) is 0 Å². The van der Waals surface area contributed by atoms with Gasteiger partial charge in [0.2, 0.25) is 11.9 Å². The number of aromatic nitrogens is 4. The van der Waals surface area contributed by atoms with E-state index < -0.39 is 0 Å². The number of carbonyl (C=O) groups excluding carboxylic acids is 1. The highest BCUT2D eigenvalue weighted by Crippen LogP contribution is 2.54. The quantitative estimate of drug-likeness (QED) is 0.868. The van der Waals surface area contributed by atoms with Crippen LogP contribution in [0.25, 0.3) is 5.57 Å². The summed E-state index contributed by atoms with van der Waals surface area (Å²) in [6, 6.07) is 2.54. The lowest BCUT2D eigenvalue weighted by Gasteiger charge is -2.36. The maximum Gasteiger partial charge on any atom is 0.227 e. The minimum absolute atomic E-state index is 0.235. The van der Waals surface area contributed by atoms with Gasteiger partial charge in [-0.2, -0.15) is 5.10 Å². The van der Waals surface area contributed by atoms with Gasteiger partial charge < -0.3 is 10.2 Å². The maximum absolute atomic E-state index is 13.3. The number of nitrogens with one attached hydrogen (secondary N) is 1. The highest BCUT2D eigenvalue weighted by Gasteiger charge is 2.51. The van der Waals surface area contributed by atoms with E-state index in [2.05, 4.69) is 26.4 Å². The number of aryl methyl sites for hydroxylation is 1. The van der Waals surface area contributed by atoms with Gasteiger partial charge in [0.15, 0.2) is 0 Å². The summed E-state index contributed by atoms with van der Waals surface area (Å²) in [5.74, 6) is 2.80. The molecule has 4 fully saturated rings. The van der Waals surface area contributed by atoms with Crippen molar-refractivity contribution < 1.29 is 4.79 Å². The van der Waals surface area contributed by atoms with E-state index in [4.69, 9.17) is 4.98 Å². The number of hydrogen-bond donors (Lipinski definition) is 1. The van der Waals surface area contributed by atoms with Crippen molar-refractivity contribution in [1.29, 1.82) is 0 Å². The molecule has 5 aliphatic rings. The van der Waals surface area contributed by atoms with Gasteiger partial charge in [-0.3, -0.25) is 9.48 Å². The average Bonchev–Trinajstić information content (AvgIpc) is 3.45. The molecular weight excluding hydrogens is 364 g/mol. The van der Waals surface area contributed by atoms with Crippen LogP contribution in [0.15, 0.2) is 30.7 Å². The van der Waals surface area contributed by atoms with Crippen molar-refractivity contribution in [3.05, 3.63) is 36.4 Å². The standard InChI is InChI=1S/C22H26N6O/c1-27-12-16(11-24-27)25-22-23-5-4-20(26-22)15-9-17-2-3-18(10-15)28(17)21(29)19-8-13-6-14(19)7-13/h4-5,9,11-14,17-19H,2-3,6-8,10H2,1H3,(H,23,25,26). The van der Waals surface area contributed by atoms with E-state index >= 15 is 0 Å². The maximum atomic E-state index is 13.3. The fourth-order valence-corrected chi connectivity index (χ4v) is 5.93. The Balaban J connectivity index is 1.22. The molecule has 7 nitrogen and oxygen atoms in total. The van der Waals surface area contributed by atoms with Crippen LogP contribution in [-0.4, -0.2) is 42.6 Å². The molecule has 150 valence electrons. The van der Waals surface area contributed by atoms with Crippen molar-refractivity contribution in [2.24, 2.45) is 24.8 Å². The zero-order valence-electron chi connectivity index (χ0n) is 16.7. The lowest BCUT2D eigenvalue weighted by Crippen LogP contribution is -2.46. The van der Waals surface area contributed by atoms with E-state index in [1.165, 1.54) is 18.4 Å². The molecule has 2 aromatic heterocycles. The minimum Gasteiger partial charge on any atom is -0.333 e. The molecular formula is C22H26N6O. The van der Waals surface area contributed by atoms with E-state index in [1.54, 1.807) is 17.1 Å². The van der Waals surface area contributed by atoms with Gasteiger partial charge in [-0.25, -0.2) is 9.97 Å². The smallest absolute Gasteiger partial charge is 0.227 e. The van der Waals surface area contributed by atoms with Crippen LogP contribution in [0.1, 0.15) is 44.2 Å². The molecule has 0 spiro atoms. The highest BCUT2D eigenvalue weighted by molar-refractivity contribution is 5.83. The zero-order valence-corrected chi connectivity index (χ0v) is 16.7. The second-order valence-corrected chi connectivity index (χ2v) is 9.17. The van der Waals surface area contributed by atoms with Gasteiger partial charge >= 0.3 is 0 Å². The second kappa shape index (κ2) is 6.40. The first kappa shape index (κ1) is 17.2. The Morgan fingerprint density at radius 1 is 1.24 bits per heavy atom. The molecule has 4 bridgehead atoms. The molecule has 3 atom stereocenters. The summed E-state index contributed by atoms with van der Waals surface area (Å²) in [7, 11) is 1.88. The van der Waals surface area contributed by atoms with Crippen LogP contribution in [0, 0.1) is 17.8 Å². The molecule has 0 aromatic carbocycles. The minimum atomic E-state index is 0.235. The molecule has 4 heterocycles. The second-order valence-electron chi connectivity index (χ2n) is 9.17. The van der Waals surface area contributed by atoms with Crippen LogP contribution in [0.4, 0.5) is 11.6 Å². The van der Waals surface area contributed by atoms with E-state index in [0.29, 0.717) is 29.7 Å². The van der Waals surface area contributed by atoms with Crippen molar-refractivity contribution in [1.82, 2.24) is 24.6 Å². The van der Waals surface area contributed by atoms with Gasteiger partial charge in [0.05, 0.1) is 23.6 Å². The molecule has 3 saturated carbocycles. The third kappa shape index (κ3) is 2.86. The topological polar surface area (TPSA) is 75.9 Å². The fourth-order valence-electron chi connectivity index (χ4n) is 5.93. The van der Waals surface area contributed by atoms with Crippen molar-refractivity contribution in [2.45, 2.75) is 50.6 Å². The van der Waals surface area contributed by atoms with Crippen LogP contribution in [0.3, 0.4) is 0 Å². The lowest BCUT2D eigenvalue weighted by molar-refractivity contribution is -0.138. The Morgan fingerprint density at radius 3 is 2.86 bits per heavy atom. The molecule has 3 unspecified atom stereocenters. The van der Waals surface area contributed by atoms with Crippen LogP contribution < -0.4 is 5.32 Å². The number of rotatable bonds is 4. The third-order valence-corrected chi connectivity index (χ3v) is 7.34. The summed E-state index contributed by atoms with van der Waals surface area (Å²) in [5, 5.41) is 7.39. The van der Waals surface area contributed by atoms with Crippen molar-refractivity contribution in [3.8, 4) is 0 Å². The van der Waals surface area contributed by atoms with Crippen molar-refractivity contribution >= 4 is 23.1 Å². The van der Waals surface area contributed by atoms with Gasteiger partial charge in [-0.15, -0.1) is 0 Å². The number of fused-ring (bicyclic) bond motifs is 3. The molecule has 2 aliphatic heterocycles. The van der Waals surface area contributed by atoms with Gasteiger partial charge in [0.25, 0.3) is 0 Å². The molecule has 7 rings (SSSR count). The zero-order chi connectivity index (χ0) is 19.5. The number of nitrogens with zero attached hydrogens (tertiary/aromatic N) is 5. The van der Waals surface area contributed by atoms with Gasteiger partial charge in [0.1, 0.15) is 0 Å². The molecule has 0 radical (unpaired) electrons. The highest BCUT2D eigenvalue weighted by atomic mass is 16.2. The molecule has 1 amide bonds. The van der Waals surface area contributed by atoms with E-state index in [0.717, 1.165) is 43.0 Å². The van der Waals surface area contributed by atoms with E-state index in [-0.39, 0.29) is 6.04 Å². The Bertz CT molecular complexity index is 991. The number of amides is 1. The summed E-state index contributed by atoms with van der Waals surface area (Å²) in [6.07, 6.45) is 14.5. The van der Waals surface area contributed by atoms with Gasteiger partial charge in [0, 0.05) is 31.4 Å². The molecule has 7 heteroatoms. The van der Waals surface area contributed by atoms with E-state index in [1.807, 2.05) is 19.3 Å². The fraction of sp³-hybridized carbons (Fsp3) is 0.545. The first-order chi connectivity index (χ1) is 14.1. The first-order valence-electron chi connectivity index (χ1n) is 10.8. The first-order valence-corrected chi connectivity index (χ1v) is 10.8. The van der Waals surface area contributed by atoms with Crippen LogP contribution in [-0.2, 0) is 11.8 Å². The molecule has 29 heavy (non-hydrogen) atoms. The third-order valence-electron chi connectivity index (χ3n) is 7.34. The molecule has 3 aliphatic carbocycles. The van der Waals surface area contributed by atoms with Crippen LogP contribution in [0.5, 0.6) is 0 Å². The monoisotopic (exact) mass is 390 g/mol. The summed E-state index contributed by atoms with van der Waals surface area (Å²) in [4.78, 5) is 24.6. The van der Waals surface area contributed by atoms with Crippen molar-refractivity contribution in [2.75, 3.05) is 5.32 Å². The Morgan fingerprint density at radius 2 is 2.14 bits per heavy atom. The Hall–Kier alpha value is -2.70. The predicted molar refractivity (Wildman–Crippen MR) is 109 cm³/mol. The summed E-state index contributed by atoms with van der Waals surface area (Å²) in [6.45, 7) is 0. The van der Waals surface area contributed by atoms with Crippen molar-refractivity contribution in [3.63, 3.8) is 0 Å². The summed E-state index contributed by atoms with van der Waals surface area (Å²) < 4.78 is 1.74.